The van der Waals surface area contributed by atoms with Gasteiger partial charge in [-0.05, 0) is 17.7 Å². The SMILES string of the molecule is COc1ccc(CNC(=O)[C@H](c2ccccc2)N(C)S(C)(=O)=O)c(OC)c1OC. The summed E-state index contributed by atoms with van der Waals surface area (Å²) in [6, 6.07) is 11.2. The molecule has 2 rings (SSSR count). The summed E-state index contributed by atoms with van der Waals surface area (Å²) >= 11 is 0. The van der Waals surface area contributed by atoms with E-state index in [4.69, 9.17) is 14.2 Å². The zero-order valence-electron chi connectivity index (χ0n) is 17.1. The molecule has 1 amide bonds. The lowest BCUT2D eigenvalue weighted by molar-refractivity contribution is -0.125. The molecule has 0 fully saturated rings. The number of ether oxygens (including phenoxy) is 3. The number of likely N-dealkylation sites (N-methyl/N-ethyl adjacent to an activating group) is 1. The molecule has 0 spiro atoms. The summed E-state index contributed by atoms with van der Waals surface area (Å²) < 4.78 is 41.2. The standard InChI is InChI=1S/C20H26N2O6S/c1-22(29(5,24)25)17(14-9-7-6-8-10-14)20(23)21-13-15-11-12-16(26-2)19(28-4)18(15)27-3/h6-12,17H,13H2,1-5H3,(H,21,23)/t17-/m0/s1. The number of carbonyl (C=O) groups excluding carboxylic acids is 1. The highest BCUT2D eigenvalue weighted by Gasteiger charge is 2.30. The van der Waals surface area contributed by atoms with Crippen LogP contribution in [0.1, 0.15) is 17.2 Å². The van der Waals surface area contributed by atoms with E-state index in [2.05, 4.69) is 5.32 Å². The fraction of sp³-hybridized carbons (Fsp3) is 0.350. The number of hydrogen-bond donors (Lipinski definition) is 1. The van der Waals surface area contributed by atoms with E-state index in [1.807, 2.05) is 0 Å². The smallest absolute Gasteiger partial charge is 0.243 e. The molecule has 158 valence electrons. The Kier molecular flexibility index (Phi) is 7.46. The van der Waals surface area contributed by atoms with Crippen molar-refractivity contribution in [1.29, 1.82) is 0 Å². The van der Waals surface area contributed by atoms with Gasteiger partial charge in [0.05, 0.1) is 27.6 Å². The second-order valence-corrected chi connectivity index (χ2v) is 8.35. The Morgan fingerprint density at radius 3 is 2.14 bits per heavy atom. The summed E-state index contributed by atoms with van der Waals surface area (Å²) in [4.78, 5) is 13.0. The van der Waals surface area contributed by atoms with Crippen LogP contribution in [0.3, 0.4) is 0 Å². The maximum Gasteiger partial charge on any atom is 0.243 e. The number of carbonyl (C=O) groups is 1. The van der Waals surface area contributed by atoms with Crippen LogP contribution in [0.25, 0.3) is 0 Å². The van der Waals surface area contributed by atoms with Gasteiger partial charge in [0.2, 0.25) is 21.7 Å². The van der Waals surface area contributed by atoms with Crippen molar-refractivity contribution in [2.24, 2.45) is 0 Å². The van der Waals surface area contributed by atoms with Crippen LogP contribution >= 0.6 is 0 Å². The average Bonchev–Trinajstić information content (AvgIpc) is 2.71. The predicted molar refractivity (Wildman–Crippen MR) is 110 cm³/mol. The van der Waals surface area contributed by atoms with Crippen molar-refractivity contribution in [2.45, 2.75) is 12.6 Å². The van der Waals surface area contributed by atoms with Gasteiger partial charge in [0.1, 0.15) is 6.04 Å². The molecule has 0 unspecified atom stereocenters. The second kappa shape index (κ2) is 9.62. The lowest BCUT2D eigenvalue weighted by atomic mass is 10.1. The van der Waals surface area contributed by atoms with Crippen LogP contribution in [0.2, 0.25) is 0 Å². The van der Waals surface area contributed by atoms with E-state index in [9.17, 15) is 13.2 Å². The first-order valence-electron chi connectivity index (χ1n) is 8.78. The first-order valence-corrected chi connectivity index (χ1v) is 10.6. The molecule has 0 saturated heterocycles. The third kappa shape index (κ3) is 5.18. The lowest BCUT2D eigenvalue weighted by Crippen LogP contribution is -2.41. The molecule has 0 bridgehead atoms. The summed E-state index contributed by atoms with van der Waals surface area (Å²) in [5.41, 5.74) is 1.23. The molecular weight excluding hydrogens is 396 g/mol. The van der Waals surface area contributed by atoms with Crippen molar-refractivity contribution in [3.8, 4) is 17.2 Å². The van der Waals surface area contributed by atoms with Gasteiger partial charge in [0.15, 0.2) is 11.5 Å². The van der Waals surface area contributed by atoms with Gasteiger partial charge in [-0.2, -0.15) is 4.31 Å². The summed E-state index contributed by atoms with van der Waals surface area (Å²) in [5, 5.41) is 2.79. The van der Waals surface area contributed by atoms with Crippen LogP contribution < -0.4 is 19.5 Å². The Hall–Kier alpha value is -2.78. The number of nitrogens with zero attached hydrogens (tertiary/aromatic N) is 1. The lowest BCUT2D eigenvalue weighted by Gasteiger charge is -2.26. The summed E-state index contributed by atoms with van der Waals surface area (Å²) in [6.07, 6.45) is 1.06. The van der Waals surface area contributed by atoms with Gasteiger partial charge in [0, 0.05) is 19.2 Å². The number of rotatable bonds is 9. The van der Waals surface area contributed by atoms with Gasteiger partial charge in [-0.3, -0.25) is 4.79 Å². The Labute approximate surface area is 171 Å². The first-order chi connectivity index (χ1) is 13.7. The van der Waals surface area contributed by atoms with E-state index in [0.717, 1.165) is 10.6 Å². The Morgan fingerprint density at radius 2 is 1.62 bits per heavy atom. The van der Waals surface area contributed by atoms with Gasteiger partial charge in [-0.1, -0.05) is 30.3 Å². The molecule has 0 aliphatic heterocycles. The van der Waals surface area contributed by atoms with E-state index in [0.29, 0.717) is 28.4 Å². The monoisotopic (exact) mass is 422 g/mol. The predicted octanol–water partition coefficient (Wildman–Crippen LogP) is 1.96. The van der Waals surface area contributed by atoms with E-state index in [1.165, 1.54) is 28.4 Å². The molecule has 0 heterocycles. The highest BCUT2D eigenvalue weighted by molar-refractivity contribution is 7.88. The third-order valence-corrected chi connectivity index (χ3v) is 5.75. The zero-order valence-corrected chi connectivity index (χ0v) is 17.9. The van der Waals surface area contributed by atoms with Crippen molar-refractivity contribution in [2.75, 3.05) is 34.6 Å². The van der Waals surface area contributed by atoms with Crippen molar-refractivity contribution >= 4 is 15.9 Å². The highest BCUT2D eigenvalue weighted by Crippen LogP contribution is 2.39. The number of methoxy groups -OCH3 is 3. The summed E-state index contributed by atoms with van der Waals surface area (Å²) in [5.74, 6) is 0.883. The average molecular weight is 423 g/mol. The molecule has 0 aliphatic rings. The minimum Gasteiger partial charge on any atom is -0.493 e. The van der Waals surface area contributed by atoms with E-state index < -0.39 is 22.0 Å². The molecule has 2 aromatic rings. The van der Waals surface area contributed by atoms with Crippen LogP contribution in [-0.2, 0) is 21.4 Å². The first kappa shape index (κ1) is 22.5. The zero-order chi connectivity index (χ0) is 21.6. The van der Waals surface area contributed by atoms with Crippen molar-refractivity contribution in [3.05, 3.63) is 53.6 Å². The maximum absolute atomic E-state index is 13.0. The van der Waals surface area contributed by atoms with Gasteiger partial charge in [-0.25, -0.2) is 8.42 Å². The van der Waals surface area contributed by atoms with Crippen LogP contribution in [0.15, 0.2) is 42.5 Å². The maximum atomic E-state index is 13.0. The minimum absolute atomic E-state index is 0.114. The molecule has 0 aliphatic carbocycles. The van der Waals surface area contributed by atoms with Crippen molar-refractivity contribution in [3.63, 3.8) is 0 Å². The molecule has 1 N–H and O–H groups in total. The quantitative estimate of drug-likeness (QED) is 0.664. The summed E-state index contributed by atoms with van der Waals surface area (Å²) in [6.45, 7) is 0.114. The molecule has 0 saturated carbocycles. The number of amides is 1. The van der Waals surface area contributed by atoms with Crippen LogP contribution in [0.4, 0.5) is 0 Å². The number of hydrogen-bond acceptors (Lipinski definition) is 6. The molecule has 9 heteroatoms. The van der Waals surface area contributed by atoms with Crippen molar-refractivity contribution < 1.29 is 27.4 Å². The van der Waals surface area contributed by atoms with E-state index in [1.54, 1.807) is 42.5 Å². The molecular formula is C20H26N2O6S. The fourth-order valence-corrected chi connectivity index (χ4v) is 3.54. The van der Waals surface area contributed by atoms with Gasteiger partial charge < -0.3 is 19.5 Å². The van der Waals surface area contributed by atoms with Crippen LogP contribution in [0.5, 0.6) is 17.2 Å². The number of nitrogens with one attached hydrogen (secondary N) is 1. The minimum atomic E-state index is -3.60. The molecule has 0 aromatic heterocycles. The Bertz CT molecular complexity index is 947. The topological polar surface area (TPSA) is 94.2 Å². The Morgan fingerprint density at radius 1 is 1.00 bits per heavy atom. The van der Waals surface area contributed by atoms with Crippen LogP contribution in [-0.4, -0.2) is 53.3 Å². The second-order valence-electron chi connectivity index (χ2n) is 6.30. The van der Waals surface area contributed by atoms with Gasteiger partial charge >= 0.3 is 0 Å². The Balaban J connectivity index is 2.32. The van der Waals surface area contributed by atoms with E-state index in [-0.39, 0.29) is 6.54 Å². The number of sulfonamides is 1. The fourth-order valence-electron chi connectivity index (χ4n) is 2.93. The van der Waals surface area contributed by atoms with E-state index >= 15 is 0 Å². The largest absolute Gasteiger partial charge is 0.493 e. The highest BCUT2D eigenvalue weighted by atomic mass is 32.2. The normalized spacial score (nSPS) is 12.3. The van der Waals surface area contributed by atoms with Crippen LogP contribution in [0, 0.1) is 0 Å². The molecule has 29 heavy (non-hydrogen) atoms. The molecule has 1 atom stereocenters. The molecule has 8 nitrogen and oxygen atoms in total. The van der Waals surface area contributed by atoms with Gasteiger partial charge in [0.25, 0.3) is 0 Å². The third-order valence-electron chi connectivity index (χ3n) is 4.49. The molecule has 0 radical (unpaired) electrons. The molecule has 2 aromatic carbocycles. The number of benzene rings is 2. The summed E-state index contributed by atoms with van der Waals surface area (Å²) in [7, 11) is 2.29. The van der Waals surface area contributed by atoms with Crippen molar-refractivity contribution in [1.82, 2.24) is 9.62 Å². The van der Waals surface area contributed by atoms with Gasteiger partial charge in [-0.15, -0.1) is 0 Å².